The smallest absolute Gasteiger partial charge is 0.336 e. The predicted molar refractivity (Wildman–Crippen MR) is 155 cm³/mol. The van der Waals surface area contributed by atoms with Gasteiger partial charge in [-0.3, -0.25) is 9.79 Å². The van der Waals surface area contributed by atoms with Gasteiger partial charge in [0.15, 0.2) is 23.0 Å². The summed E-state index contributed by atoms with van der Waals surface area (Å²) in [6, 6.07) is 10.8. The van der Waals surface area contributed by atoms with E-state index in [-0.39, 0.29) is 23.6 Å². The van der Waals surface area contributed by atoms with E-state index in [9.17, 15) is 14.7 Å². The number of carbonyl (C=O) groups is 2. The van der Waals surface area contributed by atoms with E-state index in [4.69, 9.17) is 23.9 Å². The number of carbonyl (C=O) groups excluding carboxylic acids is 2. The summed E-state index contributed by atoms with van der Waals surface area (Å²) in [6.07, 6.45) is 5.67. The number of Topliss-reactive ketones (excluding diaryl/α,β-unsaturated/α-hetero) is 1. The lowest BCUT2D eigenvalue weighted by Gasteiger charge is -2.38. The topological polar surface area (TPSA) is 104 Å². The molecular weight excluding hydrogens is 522 g/mol. The fourth-order valence-corrected chi connectivity index (χ4v) is 6.54. The van der Waals surface area contributed by atoms with Gasteiger partial charge in [-0.1, -0.05) is 18.6 Å². The van der Waals surface area contributed by atoms with Crippen molar-refractivity contribution in [1.29, 1.82) is 0 Å². The first-order valence-electron chi connectivity index (χ1n) is 14.5. The number of allylic oxidation sites excluding steroid dienone is 1. The van der Waals surface area contributed by atoms with Crippen LogP contribution in [0.25, 0.3) is 0 Å². The lowest BCUT2D eigenvalue weighted by molar-refractivity contribution is -0.146. The molecule has 0 saturated heterocycles. The van der Waals surface area contributed by atoms with Gasteiger partial charge in [-0.05, 0) is 87.3 Å². The molecule has 3 aliphatic rings. The van der Waals surface area contributed by atoms with Crippen molar-refractivity contribution in [2.75, 3.05) is 20.8 Å². The summed E-state index contributed by atoms with van der Waals surface area (Å²) >= 11 is 0. The van der Waals surface area contributed by atoms with E-state index in [1.165, 1.54) is 0 Å². The Kier molecular flexibility index (Phi) is 8.66. The highest BCUT2D eigenvalue weighted by Crippen LogP contribution is 2.48. The number of ether oxygens (including phenoxy) is 4. The van der Waals surface area contributed by atoms with Crippen LogP contribution in [0.2, 0.25) is 0 Å². The van der Waals surface area contributed by atoms with Gasteiger partial charge >= 0.3 is 5.97 Å². The van der Waals surface area contributed by atoms with Gasteiger partial charge in [-0.2, -0.15) is 0 Å². The second-order valence-corrected chi connectivity index (χ2v) is 11.1. The zero-order valence-electron chi connectivity index (χ0n) is 24.3. The van der Waals surface area contributed by atoms with Gasteiger partial charge in [0, 0.05) is 23.7 Å². The van der Waals surface area contributed by atoms with Gasteiger partial charge < -0.3 is 24.1 Å². The van der Waals surface area contributed by atoms with Crippen molar-refractivity contribution in [3.8, 4) is 23.0 Å². The zero-order chi connectivity index (χ0) is 29.1. The number of phenols is 1. The van der Waals surface area contributed by atoms with E-state index in [2.05, 4.69) is 0 Å². The Morgan fingerprint density at radius 2 is 1.63 bits per heavy atom. The number of methoxy groups -OCH3 is 2. The van der Waals surface area contributed by atoms with Crippen LogP contribution in [0.3, 0.4) is 0 Å². The van der Waals surface area contributed by atoms with Crippen molar-refractivity contribution in [3.63, 3.8) is 0 Å². The Balaban J connectivity index is 1.54. The Bertz CT molecular complexity index is 1370. The second kappa shape index (κ2) is 12.4. The molecule has 0 amide bonds. The van der Waals surface area contributed by atoms with Crippen LogP contribution in [0, 0.1) is 5.92 Å². The van der Waals surface area contributed by atoms with E-state index < -0.39 is 17.8 Å². The molecule has 1 unspecified atom stereocenters. The quantitative estimate of drug-likeness (QED) is 0.380. The molecule has 218 valence electrons. The van der Waals surface area contributed by atoms with E-state index >= 15 is 0 Å². The average Bonchev–Trinajstić information content (AvgIpc) is 2.97. The maximum Gasteiger partial charge on any atom is 0.336 e. The van der Waals surface area contributed by atoms with Gasteiger partial charge in [-0.25, -0.2) is 4.79 Å². The molecule has 5 rings (SSSR count). The maximum atomic E-state index is 14.0. The number of benzene rings is 2. The minimum Gasteiger partial charge on any atom is -0.504 e. The van der Waals surface area contributed by atoms with Crippen molar-refractivity contribution < 1.29 is 33.6 Å². The highest BCUT2D eigenvalue weighted by Gasteiger charge is 2.46. The number of ketones is 1. The van der Waals surface area contributed by atoms with Crippen LogP contribution in [-0.2, 0) is 14.3 Å². The van der Waals surface area contributed by atoms with E-state index in [0.29, 0.717) is 48.0 Å². The molecule has 41 heavy (non-hydrogen) atoms. The summed E-state index contributed by atoms with van der Waals surface area (Å²) in [7, 11) is 3.19. The van der Waals surface area contributed by atoms with Crippen LogP contribution in [0.1, 0.15) is 81.8 Å². The van der Waals surface area contributed by atoms with Gasteiger partial charge in [0.1, 0.15) is 11.9 Å². The number of aliphatic imine (C=N–C) groups is 1. The molecule has 2 saturated carbocycles. The number of hydrogen-bond acceptors (Lipinski definition) is 8. The normalized spacial score (nSPS) is 23.0. The number of esters is 1. The molecule has 2 aromatic carbocycles. The fraction of sp³-hybridized carbons (Fsp3) is 0.485. The summed E-state index contributed by atoms with van der Waals surface area (Å²) in [6.45, 7) is 4.03. The number of aromatic hydroxyl groups is 1. The van der Waals surface area contributed by atoms with E-state index in [1.54, 1.807) is 32.4 Å². The SMILES string of the molecule is CCOc1cc([C@@H]2C(C(=O)OC3CCCCC3)=C(C)N=C3C[C@@H](c4ccc(OC)c(OC)c4)CC(=O)C32)ccc1O. The third-order valence-electron chi connectivity index (χ3n) is 8.52. The van der Waals surface area contributed by atoms with Crippen LogP contribution >= 0.6 is 0 Å². The van der Waals surface area contributed by atoms with Crippen LogP contribution in [-0.4, -0.2) is 49.5 Å². The molecule has 0 spiro atoms. The third kappa shape index (κ3) is 5.83. The Morgan fingerprint density at radius 1 is 0.927 bits per heavy atom. The molecule has 0 bridgehead atoms. The zero-order valence-corrected chi connectivity index (χ0v) is 24.3. The highest BCUT2D eigenvalue weighted by atomic mass is 16.5. The van der Waals surface area contributed by atoms with Crippen LogP contribution < -0.4 is 14.2 Å². The van der Waals surface area contributed by atoms with Crippen molar-refractivity contribution in [3.05, 3.63) is 58.8 Å². The molecule has 0 aromatic heterocycles. The van der Waals surface area contributed by atoms with Crippen molar-refractivity contribution in [1.82, 2.24) is 0 Å². The van der Waals surface area contributed by atoms with Gasteiger partial charge in [0.2, 0.25) is 0 Å². The molecule has 8 nitrogen and oxygen atoms in total. The lowest BCUT2D eigenvalue weighted by Crippen LogP contribution is -2.41. The van der Waals surface area contributed by atoms with Crippen LogP contribution in [0.4, 0.5) is 0 Å². The van der Waals surface area contributed by atoms with Crippen molar-refractivity contribution >= 4 is 17.5 Å². The number of nitrogens with zero attached hydrogens (tertiary/aromatic N) is 1. The number of hydrogen-bond donors (Lipinski definition) is 1. The Labute approximate surface area is 241 Å². The van der Waals surface area contributed by atoms with Crippen LogP contribution in [0.5, 0.6) is 23.0 Å². The van der Waals surface area contributed by atoms with E-state index in [1.807, 2.05) is 32.0 Å². The Hall–Kier alpha value is -3.81. The first kappa shape index (κ1) is 28.7. The molecule has 2 fully saturated rings. The largest absolute Gasteiger partial charge is 0.504 e. The lowest BCUT2D eigenvalue weighted by atomic mass is 9.66. The molecule has 8 heteroatoms. The molecule has 3 atom stereocenters. The monoisotopic (exact) mass is 561 g/mol. The maximum absolute atomic E-state index is 14.0. The van der Waals surface area contributed by atoms with Crippen LogP contribution in [0.15, 0.2) is 52.7 Å². The first-order chi connectivity index (χ1) is 19.8. The summed E-state index contributed by atoms with van der Waals surface area (Å²) in [5.74, 6) is -0.109. The van der Waals surface area contributed by atoms with Crippen molar-refractivity contribution in [2.24, 2.45) is 10.9 Å². The van der Waals surface area contributed by atoms with Gasteiger partial charge in [-0.15, -0.1) is 0 Å². The number of phenolic OH excluding ortho intramolecular Hbond substituents is 1. The third-order valence-corrected chi connectivity index (χ3v) is 8.52. The van der Waals surface area contributed by atoms with Gasteiger partial charge in [0.25, 0.3) is 0 Å². The number of fused-ring (bicyclic) bond motifs is 1. The van der Waals surface area contributed by atoms with Gasteiger partial charge in [0.05, 0.1) is 32.3 Å². The molecular formula is C33H39NO7. The predicted octanol–water partition coefficient (Wildman–Crippen LogP) is 6.26. The standard InChI is InChI=1S/C33H39NO7/c1-5-40-28-18-21(11-13-25(28)35)31-30(33(37)41-23-9-7-6-8-10-23)19(2)34-24-15-22(16-26(36)32(24)31)20-12-14-27(38-3)29(17-20)39-4/h11-14,17-18,22-23,31-32,35H,5-10,15-16H2,1-4H3/t22-,31-,32?/m1/s1. The fourth-order valence-electron chi connectivity index (χ4n) is 6.54. The molecule has 2 aromatic rings. The summed E-state index contributed by atoms with van der Waals surface area (Å²) in [5, 5.41) is 10.4. The second-order valence-electron chi connectivity index (χ2n) is 11.1. The molecule has 1 heterocycles. The highest BCUT2D eigenvalue weighted by molar-refractivity contribution is 6.12. The minimum absolute atomic E-state index is 0.0100. The first-order valence-corrected chi connectivity index (χ1v) is 14.5. The summed E-state index contributed by atoms with van der Waals surface area (Å²) in [5.41, 5.74) is 3.42. The molecule has 1 aliphatic heterocycles. The summed E-state index contributed by atoms with van der Waals surface area (Å²) < 4.78 is 22.6. The average molecular weight is 562 g/mol. The molecule has 1 N–H and O–H groups in total. The van der Waals surface area contributed by atoms with E-state index in [0.717, 1.165) is 48.9 Å². The minimum atomic E-state index is -0.608. The molecule has 0 radical (unpaired) electrons. The summed E-state index contributed by atoms with van der Waals surface area (Å²) in [4.78, 5) is 32.7. The number of rotatable bonds is 8. The Morgan fingerprint density at radius 3 is 2.34 bits per heavy atom. The molecule has 2 aliphatic carbocycles. The van der Waals surface area contributed by atoms with Crippen molar-refractivity contribution in [2.45, 2.75) is 76.7 Å².